The lowest BCUT2D eigenvalue weighted by atomic mass is 10.1. The van der Waals surface area contributed by atoms with Crippen LogP contribution in [0.2, 0.25) is 0 Å². The predicted octanol–water partition coefficient (Wildman–Crippen LogP) is 2.61. The first-order valence-corrected chi connectivity index (χ1v) is 11.8. The lowest BCUT2D eigenvalue weighted by Crippen LogP contribution is -2.33. The molecule has 0 fully saturated rings. The number of fused-ring (bicyclic) bond motifs is 1. The molecular formula is C24H20N2O7S. The van der Waals surface area contributed by atoms with Crippen LogP contribution in [0.15, 0.2) is 82.3 Å². The molecule has 10 heteroatoms. The fourth-order valence-electron chi connectivity index (χ4n) is 3.31. The zero-order chi connectivity index (χ0) is 24.1. The Hall–Kier alpha value is -4.02. The van der Waals surface area contributed by atoms with Crippen LogP contribution in [-0.2, 0) is 26.1 Å². The van der Waals surface area contributed by atoms with Gasteiger partial charge in [-0.3, -0.25) is 14.5 Å². The van der Waals surface area contributed by atoms with Crippen LogP contribution in [0.5, 0.6) is 0 Å². The first kappa shape index (κ1) is 23.1. The van der Waals surface area contributed by atoms with Gasteiger partial charge in [0.25, 0.3) is 11.8 Å². The van der Waals surface area contributed by atoms with E-state index in [0.717, 1.165) is 4.90 Å². The Morgan fingerprint density at radius 3 is 2.26 bits per heavy atom. The number of amides is 2. The number of benzene rings is 2. The first-order chi connectivity index (χ1) is 16.3. The maximum absolute atomic E-state index is 12.4. The van der Waals surface area contributed by atoms with Gasteiger partial charge in [0, 0.05) is 6.08 Å². The summed E-state index contributed by atoms with van der Waals surface area (Å²) < 4.78 is 37.3. The van der Waals surface area contributed by atoms with Crippen LogP contribution in [0, 0.1) is 0 Å². The highest BCUT2D eigenvalue weighted by atomic mass is 32.2. The largest absolute Gasteiger partial charge is 0.468 e. The number of carbonyl (C=O) groups excluding carboxylic acids is 3. The quantitative estimate of drug-likeness (QED) is 0.284. The molecule has 1 aromatic heterocycles. The van der Waals surface area contributed by atoms with Gasteiger partial charge in [-0.15, -0.1) is 0 Å². The molecule has 1 aliphatic rings. The molecule has 1 aliphatic heterocycles. The average molecular weight is 480 g/mol. The Balaban J connectivity index is 1.26. The topological polar surface area (TPSA) is 123 Å². The minimum absolute atomic E-state index is 0.0313. The summed E-state index contributed by atoms with van der Waals surface area (Å²) in [6.45, 7) is -0.166. The second-order valence-corrected chi connectivity index (χ2v) is 9.05. The van der Waals surface area contributed by atoms with Crippen molar-refractivity contribution >= 4 is 33.9 Å². The number of hydrogen-bond donors (Lipinski definition) is 1. The van der Waals surface area contributed by atoms with Crippen LogP contribution in [-0.4, -0.2) is 44.3 Å². The van der Waals surface area contributed by atoms with Gasteiger partial charge in [0.15, 0.2) is 0 Å². The molecule has 0 saturated carbocycles. The maximum atomic E-state index is 12.4. The predicted molar refractivity (Wildman–Crippen MR) is 121 cm³/mol. The van der Waals surface area contributed by atoms with Gasteiger partial charge in [-0.05, 0) is 48.0 Å². The van der Waals surface area contributed by atoms with Crippen molar-refractivity contribution in [1.29, 1.82) is 0 Å². The SMILES string of the molecule is O=C(C=Cc1ccc(S(=O)(=O)NCc2ccco2)cc1)OCCN1C(=O)c2ccccc2C1=O. The smallest absolute Gasteiger partial charge is 0.330 e. The van der Waals surface area contributed by atoms with E-state index in [0.29, 0.717) is 22.5 Å². The molecule has 0 spiro atoms. The fraction of sp³-hybridized carbons (Fsp3) is 0.125. The molecule has 2 heterocycles. The number of nitrogens with one attached hydrogen (secondary N) is 1. The van der Waals surface area contributed by atoms with Gasteiger partial charge in [-0.1, -0.05) is 24.3 Å². The van der Waals surface area contributed by atoms with Crippen molar-refractivity contribution in [3.63, 3.8) is 0 Å². The third kappa shape index (κ3) is 5.13. The lowest BCUT2D eigenvalue weighted by molar-refractivity contribution is -0.137. The number of esters is 1. The Kier molecular flexibility index (Phi) is 6.71. The fourth-order valence-corrected chi connectivity index (χ4v) is 4.31. The Morgan fingerprint density at radius 2 is 1.65 bits per heavy atom. The standard InChI is InChI=1S/C24H20N2O7S/c27-22(33-15-13-26-23(28)20-5-1-2-6-21(20)24(26)29)12-9-17-7-10-19(11-8-17)34(30,31)25-16-18-4-3-14-32-18/h1-12,14,25H,13,15-16H2. The highest BCUT2D eigenvalue weighted by molar-refractivity contribution is 7.89. The summed E-state index contributed by atoms with van der Waals surface area (Å²) in [5.74, 6) is -1.00. The van der Waals surface area contributed by atoms with Gasteiger partial charge in [0.1, 0.15) is 12.4 Å². The Morgan fingerprint density at radius 1 is 0.971 bits per heavy atom. The monoisotopic (exact) mass is 480 g/mol. The van der Waals surface area contributed by atoms with Gasteiger partial charge >= 0.3 is 5.97 Å². The number of carbonyl (C=O) groups is 3. The van der Waals surface area contributed by atoms with Crippen molar-refractivity contribution in [3.8, 4) is 0 Å². The molecule has 1 N–H and O–H groups in total. The summed E-state index contributed by atoms with van der Waals surface area (Å²) in [7, 11) is -3.72. The van der Waals surface area contributed by atoms with Gasteiger partial charge < -0.3 is 9.15 Å². The molecule has 4 rings (SSSR count). The summed E-state index contributed by atoms with van der Waals surface area (Å²) >= 11 is 0. The van der Waals surface area contributed by atoms with E-state index >= 15 is 0 Å². The molecule has 0 radical (unpaired) electrons. The van der Waals surface area contributed by atoms with E-state index in [9.17, 15) is 22.8 Å². The van der Waals surface area contributed by atoms with Crippen molar-refractivity contribution in [2.24, 2.45) is 0 Å². The first-order valence-electron chi connectivity index (χ1n) is 10.3. The van der Waals surface area contributed by atoms with E-state index in [1.54, 1.807) is 48.5 Å². The summed E-state index contributed by atoms with van der Waals surface area (Å²) in [6.07, 6.45) is 4.11. The van der Waals surface area contributed by atoms with Crippen LogP contribution in [0.25, 0.3) is 6.08 Å². The second kappa shape index (κ2) is 9.86. The Bertz CT molecular complexity index is 1310. The molecule has 2 aromatic carbocycles. The van der Waals surface area contributed by atoms with Crippen LogP contribution < -0.4 is 4.72 Å². The number of ether oxygens (including phenoxy) is 1. The van der Waals surface area contributed by atoms with Gasteiger partial charge in [-0.25, -0.2) is 17.9 Å². The summed E-state index contributed by atoms with van der Waals surface area (Å²) in [4.78, 5) is 37.7. The van der Waals surface area contributed by atoms with Crippen molar-refractivity contribution in [3.05, 3.63) is 95.5 Å². The summed E-state index contributed by atoms with van der Waals surface area (Å²) in [5.41, 5.74) is 1.25. The van der Waals surface area contributed by atoms with Crippen molar-refractivity contribution < 1.29 is 32.0 Å². The summed E-state index contributed by atoms with van der Waals surface area (Å²) in [6, 6.07) is 15.8. The van der Waals surface area contributed by atoms with E-state index in [4.69, 9.17) is 9.15 Å². The highest BCUT2D eigenvalue weighted by Crippen LogP contribution is 2.22. The lowest BCUT2D eigenvalue weighted by Gasteiger charge is -2.13. The minimum atomic E-state index is -3.72. The molecule has 0 saturated heterocycles. The highest BCUT2D eigenvalue weighted by Gasteiger charge is 2.34. The zero-order valence-electron chi connectivity index (χ0n) is 17.8. The molecule has 174 valence electrons. The molecule has 0 bridgehead atoms. The number of nitrogens with zero attached hydrogens (tertiary/aromatic N) is 1. The Labute approximate surface area is 195 Å². The molecule has 2 amide bonds. The number of furan rings is 1. The summed E-state index contributed by atoms with van der Waals surface area (Å²) in [5, 5.41) is 0. The van der Waals surface area contributed by atoms with E-state index in [2.05, 4.69) is 4.72 Å². The molecule has 34 heavy (non-hydrogen) atoms. The van der Waals surface area contributed by atoms with E-state index in [1.165, 1.54) is 30.5 Å². The molecule has 0 unspecified atom stereocenters. The number of sulfonamides is 1. The molecule has 0 atom stereocenters. The normalized spacial score (nSPS) is 13.5. The van der Waals surface area contributed by atoms with Gasteiger partial charge in [0.05, 0.1) is 35.4 Å². The second-order valence-electron chi connectivity index (χ2n) is 7.28. The molecule has 3 aromatic rings. The molecular weight excluding hydrogens is 460 g/mol. The van der Waals surface area contributed by atoms with Crippen LogP contribution in [0.3, 0.4) is 0 Å². The minimum Gasteiger partial charge on any atom is -0.468 e. The van der Waals surface area contributed by atoms with Gasteiger partial charge in [-0.2, -0.15) is 0 Å². The third-order valence-electron chi connectivity index (χ3n) is 5.06. The van der Waals surface area contributed by atoms with Crippen molar-refractivity contribution in [2.45, 2.75) is 11.4 Å². The number of rotatable bonds is 9. The van der Waals surface area contributed by atoms with E-state index in [-0.39, 0.29) is 24.6 Å². The maximum Gasteiger partial charge on any atom is 0.330 e. The zero-order valence-corrected chi connectivity index (χ0v) is 18.7. The average Bonchev–Trinajstić information content (AvgIpc) is 3.45. The number of imide groups is 1. The molecule has 9 nitrogen and oxygen atoms in total. The van der Waals surface area contributed by atoms with E-state index in [1.807, 2.05) is 0 Å². The van der Waals surface area contributed by atoms with Gasteiger partial charge in [0.2, 0.25) is 10.0 Å². The number of hydrogen-bond acceptors (Lipinski definition) is 7. The van der Waals surface area contributed by atoms with Crippen LogP contribution >= 0.6 is 0 Å². The van der Waals surface area contributed by atoms with E-state index < -0.39 is 27.8 Å². The third-order valence-corrected chi connectivity index (χ3v) is 6.47. The van der Waals surface area contributed by atoms with Crippen molar-refractivity contribution in [1.82, 2.24) is 9.62 Å². The van der Waals surface area contributed by atoms with Crippen LogP contribution in [0.4, 0.5) is 0 Å². The van der Waals surface area contributed by atoms with Crippen LogP contribution in [0.1, 0.15) is 32.0 Å². The molecule has 0 aliphatic carbocycles. The van der Waals surface area contributed by atoms with Crippen molar-refractivity contribution in [2.75, 3.05) is 13.2 Å².